The molecule has 26 heavy (non-hydrogen) atoms. The zero-order valence-corrected chi connectivity index (χ0v) is 14.9. The standard InChI is InChI=1S/C20H21N3O3/c1-3-26-20(24)16-10-18(14-6-7-14)22-19-17(16)11-21-23(19)12-13-4-8-15(25-2)9-5-13/h4-5,8-11,14H,3,6-7,12H2,1-2H3. The van der Waals surface area contributed by atoms with Gasteiger partial charge in [-0.1, -0.05) is 12.1 Å². The largest absolute Gasteiger partial charge is 0.497 e. The minimum atomic E-state index is -0.314. The molecule has 0 unspecified atom stereocenters. The van der Waals surface area contributed by atoms with Crippen molar-refractivity contribution in [1.82, 2.24) is 14.8 Å². The summed E-state index contributed by atoms with van der Waals surface area (Å²) >= 11 is 0. The van der Waals surface area contributed by atoms with Gasteiger partial charge in [0.2, 0.25) is 0 Å². The molecule has 0 N–H and O–H groups in total. The normalized spacial score (nSPS) is 13.8. The van der Waals surface area contributed by atoms with Gasteiger partial charge in [-0.3, -0.25) is 0 Å². The molecule has 0 saturated heterocycles. The van der Waals surface area contributed by atoms with Gasteiger partial charge >= 0.3 is 5.97 Å². The number of nitrogens with zero attached hydrogens (tertiary/aromatic N) is 3. The number of carbonyl (C=O) groups excluding carboxylic acids is 1. The number of hydrogen-bond donors (Lipinski definition) is 0. The maximum Gasteiger partial charge on any atom is 0.338 e. The molecule has 6 nitrogen and oxygen atoms in total. The van der Waals surface area contributed by atoms with Crippen LogP contribution in [0.15, 0.2) is 36.5 Å². The molecule has 1 aliphatic rings. The summed E-state index contributed by atoms with van der Waals surface area (Å²) in [5.41, 5.74) is 3.33. The maximum absolute atomic E-state index is 12.4. The van der Waals surface area contributed by atoms with Gasteiger partial charge in [0.05, 0.1) is 37.4 Å². The second kappa shape index (κ2) is 6.78. The first-order valence-corrected chi connectivity index (χ1v) is 8.86. The molecule has 2 heterocycles. The quantitative estimate of drug-likeness (QED) is 0.636. The van der Waals surface area contributed by atoms with Crippen molar-refractivity contribution in [3.05, 3.63) is 53.3 Å². The fraction of sp³-hybridized carbons (Fsp3) is 0.350. The maximum atomic E-state index is 12.4. The Morgan fingerprint density at radius 2 is 2.04 bits per heavy atom. The fourth-order valence-corrected chi connectivity index (χ4v) is 3.05. The Balaban J connectivity index is 1.74. The zero-order valence-electron chi connectivity index (χ0n) is 14.9. The summed E-state index contributed by atoms with van der Waals surface area (Å²) in [6.45, 7) is 2.74. The van der Waals surface area contributed by atoms with E-state index in [9.17, 15) is 4.79 Å². The molecule has 0 aliphatic heterocycles. The van der Waals surface area contributed by atoms with Crippen LogP contribution >= 0.6 is 0 Å². The molecule has 6 heteroatoms. The molecule has 1 aromatic carbocycles. The van der Waals surface area contributed by atoms with E-state index < -0.39 is 0 Å². The van der Waals surface area contributed by atoms with Crippen LogP contribution in [0.5, 0.6) is 5.75 Å². The summed E-state index contributed by atoms with van der Waals surface area (Å²) in [4.78, 5) is 17.2. The van der Waals surface area contributed by atoms with Crippen LogP contribution in [0.25, 0.3) is 11.0 Å². The van der Waals surface area contributed by atoms with E-state index in [-0.39, 0.29) is 5.97 Å². The number of fused-ring (bicyclic) bond motifs is 1. The minimum absolute atomic E-state index is 0.314. The summed E-state index contributed by atoms with van der Waals surface area (Å²) < 4.78 is 12.3. The summed E-state index contributed by atoms with van der Waals surface area (Å²) in [6, 6.07) is 9.73. The third-order valence-electron chi connectivity index (χ3n) is 4.61. The van der Waals surface area contributed by atoms with E-state index in [1.807, 2.05) is 41.9 Å². The molecular weight excluding hydrogens is 330 g/mol. The third kappa shape index (κ3) is 3.14. The summed E-state index contributed by atoms with van der Waals surface area (Å²) in [5, 5.41) is 5.21. The van der Waals surface area contributed by atoms with Crippen LogP contribution in [0.2, 0.25) is 0 Å². The number of methoxy groups -OCH3 is 1. The number of ether oxygens (including phenoxy) is 2. The Kier molecular flexibility index (Phi) is 4.32. The SMILES string of the molecule is CCOC(=O)c1cc(C2CC2)nc2c1cnn2Cc1ccc(OC)cc1. The lowest BCUT2D eigenvalue weighted by Gasteiger charge is -2.08. The predicted molar refractivity (Wildman–Crippen MR) is 97.6 cm³/mol. The van der Waals surface area contributed by atoms with E-state index in [4.69, 9.17) is 14.5 Å². The highest BCUT2D eigenvalue weighted by molar-refractivity contribution is 6.02. The summed E-state index contributed by atoms with van der Waals surface area (Å²) in [5.74, 6) is 0.945. The van der Waals surface area contributed by atoms with E-state index >= 15 is 0 Å². The Bertz CT molecular complexity index is 943. The van der Waals surface area contributed by atoms with Gasteiger partial charge in [-0.25, -0.2) is 14.5 Å². The molecule has 1 aliphatic carbocycles. The van der Waals surface area contributed by atoms with Gasteiger partial charge < -0.3 is 9.47 Å². The number of carbonyl (C=O) groups is 1. The highest BCUT2D eigenvalue weighted by atomic mass is 16.5. The van der Waals surface area contributed by atoms with Gasteiger partial charge in [0.25, 0.3) is 0 Å². The molecule has 0 atom stereocenters. The van der Waals surface area contributed by atoms with Crippen LogP contribution in [-0.2, 0) is 11.3 Å². The second-order valence-electron chi connectivity index (χ2n) is 6.48. The minimum Gasteiger partial charge on any atom is -0.497 e. The molecular formula is C20H21N3O3. The van der Waals surface area contributed by atoms with Crippen molar-refractivity contribution in [3.63, 3.8) is 0 Å². The number of pyridine rings is 1. The molecule has 3 aromatic rings. The molecule has 2 aromatic heterocycles. The Hall–Kier alpha value is -2.89. The summed E-state index contributed by atoms with van der Waals surface area (Å²) in [6.07, 6.45) is 3.94. The van der Waals surface area contributed by atoms with Gasteiger partial charge in [0.15, 0.2) is 5.65 Å². The third-order valence-corrected chi connectivity index (χ3v) is 4.61. The van der Waals surface area contributed by atoms with Crippen molar-refractivity contribution in [2.75, 3.05) is 13.7 Å². The number of benzene rings is 1. The number of esters is 1. The zero-order chi connectivity index (χ0) is 18.1. The number of rotatable bonds is 6. The van der Waals surface area contributed by atoms with Gasteiger partial charge in [0, 0.05) is 11.6 Å². The molecule has 0 bridgehead atoms. The Labute approximate surface area is 151 Å². The van der Waals surface area contributed by atoms with Crippen LogP contribution in [0, 0.1) is 0 Å². The van der Waals surface area contributed by atoms with Gasteiger partial charge in [-0.15, -0.1) is 0 Å². The molecule has 4 rings (SSSR count). The average Bonchev–Trinajstić information content (AvgIpc) is 3.44. The lowest BCUT2D eigenvalue weighted by atomic mass is 10.1. The van der Waals surface area contributed by atoms with Crippen molar-refractivity contribution < 1.29 is 14.3 Å². The first-order chi connectivity index (χ1) is 12.7. The van der Waals surface area contributed by atoms with Gasteiger partial charge in [-0.05, 0) is 43.5 Å². The first-order valence-electron chi connectivity index (χ1n) is 8.86. The van der Waals surface area contributed by atoms with Crippen molar-refractivity contribution in [1.29, 1.82) is 0 Å². The molecule has 0 radical (unpaired) electrons. The van der Waals surface area contributed by atoms with Crippen LogP contribution in [-0.4, -0.2) is 34.5 Å². The predicted octanol–water partition coefficient (Wildman–Crippen LogP) is 3.54. The lowest BCUT2D eigenvalue weighted by molar-refractivity contribution is 0.0528. The van der Waals surface area contributed by atoms with E-state index in [2.05, 4.69) is 5.10 Å². The van der Waals surface area contributed by atoms with Crippen molar-refractivity contribution in [2.24, 2.45) is 0 Å². The molecule has 1 fully saturated rings. The topological polar surface area (TPSA) is 66.2 Å². The van der Waals surface area contributed by atoms with Crippen molar-refractivity contribution in [3.8, 4) is 5.75 Å². The highest BCUT2D eigenvalue weighted by Crippen LogP contribution is 2.40. The smallest absolute Gasteiger partial charge is 0.338 e. The second-order valence-corrected chi connectivity index (χ2v) is 6.48. The van der Waals surface area contributed by atoms with E-state index in [1.165, 1.54) is 0 Å². The van der Waals surface area contributed by atoms with Crippen molar-refractivity contribution in [2.45, 2.75) is 32.2 Å². The van der Waals surface area contributed by atoms with Gasteiger partial charge in [0.1, 0.15) is 5.75 Å². The molecule has 134 valence electrons. The molecule has 0 amide bonds. The highest BCUT2D eigenvalue weighted by Gasteiger charge is 2.28. The lowest BCUT2D eigenvalue weighted by Crippen LogP contribution is -2.08. The van der Waals surface area contributed by atoms with E-state index in [0.29, 0.717) is 24.6 Å². The Morgan fingerprint density at radius 1 is 1.27 bits per heavy atom. The Morgan fingerprint density at radius 3 is 2.69 bits per heavy atom. The number of hydrogen-bond acceptors (Lipinski definition) is 5. The van der Waals surface area contributed by atoms with Crippen LogP contribution in [0.4, 0.5) is 0 Å². The average molecular weight is 351 g/mol. The monoisotopic (exact) mass is 351 g/mol. The fourth-order valence-electron chi connectivity index (χ4n) is 3.05. The first kappa shape index (κ1) is 16.6. The number of aromatic nitrogens is 3. The van der Waals surface area contributed by atoms with E-state index in [1.54, 1.807) is 13.3 Å². The molecule has 0 spiro atoms. The summed E-state index contributed by atoms with van der Waals surface area (Å²) in [7, 11) is 1.65. The van der Waals surface area contributed by atoms with Crippen LogP contribution < -0.4 is 4.74 Å². The van der Waals surface area contributed by atoms with E-state index in [0.717, 1.165) is 40.9 Å². The van der Waals surface area contributed by atoms with Crippen LogP contribution in [0.3, 0.4) is 0 Å². The molecule has 1 saturated carbocycles. The van der Waals surface area contributed by atoms with Crippen molar-refractivity contribution >= 4 is 17.0 Å². The van der Waals surface area contributed by atoms with Gasteiger partial charge in [-0.2, -0.15) is 5.10 Å². The van der Waals surface area contributed by atoms with Crippen LogP contribution in [0.1, 0.15) is 47.3 Å².